The predicted molar refractivity (Wildman–Crippen MR) is 49.8 cm³/mol. The van der Waals surface area contributed by atoms with Crippen LogP contribution in [0.1, 0.15) is 33.6 Å². The molecule has 0 heterocycles. The van der Waals surface area contributed by atoms with Gasteiger partial charge in [-0.25, -0.2) is 0 Å². The lowest BCUT2D eigenvalue weighted by Crippen LogP contribution is -1.97. The summed E-state index contributed by atoms with van der Waals surface area (Å²) in [5, 5.41) is 14.6. The van der Waals surface area contributed by atoms with Crippen molar-refractivity contribution in [3.8, 4) is 0 Å². The summed E-state index contributed by atoms with van der Waals surface area (Å²) in [4.78, 5) is 0. The van der Waals surface area contributed by atoms with Crippen molar-refractivity contribution in [3.63, 3.8) is 0 Å². The van der Waals surface area contributed by atoms with Crippen molar-refractivity contribution in [2.75, 3.05) is 0 Å². The molecular formula is C9H16N2. The average molecular weight is 152 g/mol. The van der Waals surface area contributed by atoms with Crippen molar-refractivity contribution in [1.29, 1.82) is 10.8 Å². The normalized spacial score (nSPS) is 11.4. The van der Waals surface area contributed by atoms with Gasteiger partial charge in [0.05, 0.1) is 0 Å². The Morgan fingerprint density at radius 3 is 2.09 bits per heavy atom. The maximum Gasteiger partial charge on any atom is 0.0315 e. The summed E-state index contributed by atoms with van der Waals surface area (Å²) in [6.07, 6.45) is 3.72. The van der Waals surface area contributed by atoms with Gasteiger partial charge in [-0.3, -0.25) is 0 Å². The smallest absolute Gasteiger partial charge is 0.0315 e. The molecule has 62 valence electrons. The van der Waals surface area contributed by atoms with E-state index in [9.17, 15) is 0 Å². The maximum atomic E-state index is 7.38. The second kappa shape index (κ2) is 4.83. The second-order valence-corrected chi connectivity index (χ2v) is 2.73. The van der Waals surface area contributed by atoms with Crippen LogP contribution >= 0.6 is 0 Å². The fourth-order valence-electron chi connectivity index (χ4n) is 0.899. The third-order valence-electron chi connectivity index (χ3n) is 1.39. The minimum Gasteiger partial charge on any atom is -0.306 e. The lowest BCUT2D eigenvalue weighted by atomic mass is 10.1. The molecular weight excluding hydrogens is 136 g/mol. The third-order valence-corrected chi connectivity index (χ3v) is 1.39. The zero-order valence-electron chi connectivity index (χ0n) is 7.49. The van der Waals surface area contributed by atoms with E-state index in [0.717, 1.165) is 18.4 Å². The number of hydrogen-bond acceptors (Lipinski definition) is 2. The third kappa shape index (κ3) is 4.48. The lowest BCUT2D eigenvalue weighted by Gasteiger charge is -2.01. The Hall–Kier alpha value is -0.920. The molecule has 0 aromatic carbocycles. The fraction of sp³-hybridized carbons (Fsp3) is 0.556. The molecule has 0 spiro atoms. The van der Waals surface area contributed by atoms with Crippen LogP contribution in [0, 0.1) is 10.8 Å². The van der Waals surface area contributed by atoms with Crippen molar-refractivity contribution >= 4 is 11.4 Å². The van der Waals surface area contributed by atoms with Crippen LogP contribution < -0.4 is 0 Å². The molecule has 0 aliphatic rings. The van der Waals surface area contributed by atoms with Gasteiger partial charge in [0.15, 0.2) is 0 Å². The van der Waals surface area contributed by atoms with E-state index in [1.165, 1.54) is 0 Å². The van der Waals surface area contributed by atoms with Gasteiger partial charge in [0.25, 0.3) is 0 Å². The first-order valence-corrected chi connectivity index (χ1v) is 3.89. The highest BCUT2D eigenvalue weighted by molar-refractivity contribution is 6.03. The molecule has 0 rings (SSSR count). The van der Waals surface area contributed by atoms with Crippen molar-refractivity contribution in [2.24, 2.45) is 0 Å². The Morgan fingerprint density at radius 1 is 1.27 bits per heavy atom. The molecule has 0 aromatic heterocycles. The Morgan fingerprint density at radius 2 is 1.82 bits per heavy atom. The van der Waals surface area contributed by atoms with E-state index >= 15 is 0 Å². The van der Waals surface area contributed by atoms with Crippen LogP contribution in [0.5, 0.6) is 0 Å². The zero-order valence-corrected chi connectivity index (χ0v) is 7.49. The minimum atomic E-state index is 0.528. The van der Waals surface area contributed by atoms with Gasteiger partial charge in [0.2, 0.25) is 0 Å². The Labute approximate surface area is 68.3 Å². The van der Waals surface area contributed by atoms with Crippen LogP contribution in [0.2, 0.25) is 0 Å². The van der Waals surface area contributed by atoms with Gasteiger partial charge in [-0.15, -0.1) is 0 Å². The molecule has 2 heteroatoms. The molecule has 0 aliphatic carbocycles. The van der Waals surface area contributed by atoms with Crippen molar-refractivity contribution in [1.82, 2.24) is 0 Å². The molecule has 0 aliphatic heterocycles. The first-order valence-electron chi connectivity index (χ1n) is 3.89. The number of rotatable bonds is 4. The maximum absolute atomic E-state index is 7.38. The van der Waals surface area contributed by atoms with Crippen molar-refractivity contribution in [2.45, 2.75) is 33.6 Å². The van der Waals surface area contributed by atoms with Crippen LogP contribution in [0.15, 0.2) is 11.6 Å². The first kappa shape index (κ1) is 10.1. The molecule has 2 nitrogen and oxygen atoms in total. The van der Waals surface area contributed by atoms with Crippen LogP contribution in [0.25, 0.3) is 0 Å². The lowest BCUT2D eigenvalue weighted by molar-refractivity contribution is 0.933. The van der Waals surface area contributed by atoms with E-state index < -0.39 is 0 Å². The first-order chi connectivity index (χ1) is 5.07. The zero-order chi connectivity index (χ0) is 8.85. The Kier molecular flexibility index (Phi) is 4.42. The molecule has 0 unspecified atom stereocenters. The highest BCUT2D eigenvalue weighted by Gasteiger charge is 1.97. The molecule has 0 saturated carbocycles. The molecule has 0 radical (unpaired) electrons. The topological polar surface area (TPSA) is 47.7 Å². The molecule has 11 heavy (non-hydrogen) atoms. The standard InChI is InChI=1S/C9H16N2/c1-4-5-9(8(3)11)6-7(2)10/h6,10-11H,4-5H2,1-3H3/b9-6+,10-7?,11-8?. The summed E-state index contributed by atoms with van der Waals surface area (Å²) in [6, 6.07) is 0. The number of nitrogens with one attached hydrogen (secondary N) is 2. The van der Waals surface area contributed by atoms with Gasteiger partial charge in [0.1, 0.15) is 0 Å². The van der Waals surface area contributed by atoms with E-state index in [4.69, 9.17) is 10.8 Å². The van der Waals surface area contributed by atoms with E-state index in [1.807, 2.05) is 0 Å². The molecule has 0 saturated heterocycles. The van der Waals surface area contributed by atoms with E-state index in [0.29, 0.717) is 11.4 Å². The van der Waals surface area contributed by atoms with Crippen LogP contribution in [-0.2, 0) is 0 Å². The van der Waals surface area contributed by atoms with Crippen molar-refractivity contribution in [3.05, 3.63) is 11.6 Å². The van der Waals surface area contributed by atoms with Crippen molar-refractivity contribution < 1.29 is 0 Å². The highest BCUT2D eigenvalue weighted by Crippen LogP contribution is 2.05. The van der Waals surface area contributed by atoms with Gasteiger partial charge >= 0.3 is 0 Å². The molecule has 0 fully saturated rings. The second-order valence-electron chi connectivity index (χ2n) is 2.73. The summed E-state index contributed by atoms with van der Waals surface area (Å²) >= 11 is 0. The number of allylic oxidation sites excluding steroid dienone is 2. The van der Waals surface area contributed by atoms with E-state index in [2.05, 4.69) is 6.92 Å². The average Bonchev–Trinajstić information content (AvgIpc) is 1.86. The SMILES string of the molecule is CCC/C(=C\C(C)=N)C(C)=N. The van der Waals surface area contributed by atoms with Gasteiger partial charge in [-0.05, 0) is 31.9 Å². The van der Waals surface area contributed by atoms with Crippen LogP contribution in [0.4, 0.5) is 0 Å². The Balaban J connectivity index is 4.32. The van der Waals surface area contributed by atoms with E-state index in [1.54, 1.807) is 19.9 Å². The Bertz CT molecular complexity index is 190. The molecule has 0 aromatic rings. The van der Waals surface area contributed by atoms with Gasteiger partial charge in [0, 0.05) is 11.4 Å². The quantitative estimate of drug-likeness (QED) is 0.582. The summed E-state index contributed by atoms with van der Waals surface area (Å²) in [6.45, 7) is 5.58. The summed E-state index contributed by atoms with van der Waals surface area (Å²) in [5.74, 6) is 0. The minimum absolute atomic E-state index is 0.528. The van der Waals surface area contributed by atoms with Gasteiger partial charge < -0.3 is 10.8 Å². The monoisotopic (exact) mass is 152 g/mol. The summed E-state index contributed by atoms with van der Waals surface area (Å²) < 4.78 is 0. The van der Waals surface area contributed by atoms with Crippen LogP contribution in [-0.4, -0.2) is 11.4 Å². The summed E-state index contributed by atoms with van der Waals surface area (Å²) in [7, 11) is 0. The largest absolute Gasteiger partial charge is 0.306 e. The van der Waals surface area contributed by atoms with E-state index in [-0.39, 0.29) is 0 Å². The summed E-state index contributed by atoms with van der Waals surface area (Å²) in [5.41, 5.74) is 2.10. The molecule has 2 N–H and O–H groups in total. The fourth-order valence-corrected chi connectivity index (χ4v) is 0.899. The highest BCUT2D eigenvalue weighted by atomic mass is 14.4. The van der Waals surface area contributed by atoms with Gasteiger partial charge in [-0.2, -0.15) is 0 Å². The molecule has 0 bridgehead atoms. The predicted octanol–water partition coefficient (Wildman–Crippen LogP) is 2.79. The van der Waals surface area contributed by atoms with Crippen LogP contribution in [0.3, 0.4) is 0 Å². The number of hydrogen-bond donors (Lipinski definition) is 2. The molecule has 0 amide bonds. The van der Waals surface area contributed by atoms with Gasteiger partial charge in [-0.1, -0.05) is 13.3 Å². The molecule has 0 atom stereocenters.